The Balaban J connectivity index is 2.92. The molecule has 0 radical (unpaired) electrons. The fourth-order valence-corrected chi connectivity index (χ4v) is 1.29. The molecular formula is C10H13NO4. The standard InChI is InChI=1S/C10H13NO4/c1-5-2-6(3-7(11)10(14)15)4-8(12)9(5)13/h2,4,7,12-13H,3,11H2,1H3,(H,14,15). The third kappa shape index (κ3) is 2.60. The molecule has 0 aliphatic rings. The Hall–Kier alpha value is -1.75. The van der Waals surface area contributed by atoms with Crippen LogP contribution in [0.1, 0.15) is 11.1 Å². The average Bonchev–Trinajstić information content (AvgIpc) is 2.13. The molecule has 0 spiro atoms. The molecule has 0 aliphatic heterocycles. The summed E-state index contributed by atoms with van der Waals surface area (Å²) in [4.78, 5) is 10.5. The number of carboxylic acids is 1. The van der Waals surface area contributed by atoms with Crippen LogP contribution in [0.25, 0.3) is 0 Å². The maximum Gasteiger partial charge on any atom is 0.320 e. The SMILES string of the molecule is Cc1cc(CC(N)C(=O)O)cc(O)c1O. The molecule has 0 amide bonds. The van der Waals surface area contributed by atoms with Crippen molar-refractivity contribution in [1.29, 1.82) is 0 Å². The lowest BCUT2D eigenvalue weighted by Gasteiger charge is -2.09. The van der Waals surface area contributed by atoms with Crippen molar-refractivity contribution in [3.8, 4) is 11.5 Å². The van der Waals surface area contributed by atoms with Crippen LogP contribution in [0.15, 0.2) is 12.1 Å². The van der Waals surface area contributed by atoms with Crippen LogP contribution >= 0.6 is 0 Å². The second-order valence-electron chi connectivity index (χ2n) is 3.43. The highest BCUT2D eigenvalue weighted by Crippen LogP contribution is 2.29. The first-order valence-electron chi connectivity index (χ1n) is 4.41. The summed E-state index contributed by atoms with van der Waals surface area (Å²) in [5.74, 6) is -1.55. The Labute approximate surface area is 86.8 Å². The fourth-order valence-electron chi connectivity index (χ4n) is 1.29. The molecule has 1 atom stereocenters. The van der Waals surface area contributed by atoms with Gasteiger partial charge < -0.3 is 21.1 Å². The van der Waals surface area contributed by atoms with E-state index in [1.165, 1.54) is 6.07 Å². The van der Waals surface area contributed by atoms with Gasteiger partial charge in [0.05, 0.1) is 0 Å². The van der Waals surface area contributed by atoms with E-state index in [9.17, 15) is 15.0 Å². The Morgan fingerprint density at radius 1 is 1.47 bits per heavy atom. The zero-order valence-electron chi connectivity index (χ0n) is 8.27. The van der Waals surface area contributed by atoms with Crippen LogP contribution < -0.4 is 5.73 Å². The van der Waals surface area contributed by atoms with Crippen molar-refractivity contribution < 1.29 is 20.1 Å². The minimum Gasteiger partial charge on any atom is -0.504 e. The number of aromatic hydroxyl groups is 2. The minimum atomic E-state index is -1.10. The van der Waals surface area contributed by atoms with Crippen molar-refractivity contribution in [2.24, 2.45) is 5.73 Å². The summed E-state index contributed by atoms with van der Waals surface area (Å²) in [6.07, 6.45) is 0.115. The van der Waals surface area contributed by atoms with Gasteiger partial charge in [0.2, 0.25) is 0 Å². The van der Waals surface area contributed by atoms with E-state index in [0.717, 1.165) is 0 Å². The van der Waals surface area contributed by atoms with E-state index in [-0.39, 0.29) is 17.9 Å². The first-order valence-corrected chi connectivity index (χ1v) is 4.41. The number of rotatable bonds is 3. The number of carbonyl (C=O) groups is 1. The van der Waals surface area contributed by atoms with Gasteiger partial charge in [0.25, 0.3) is 0 Å². The number of hydrogen-bond donors (Lipinski definition) is 4. The maximum atomic E-state index is 10.5. The number of aryl methyl sites for hydroxylation is 1. The van der Waals surface area contributed by atoms with Crippen molar-refractivity contribution in [2.75, 3.05) is 0 Å². The van der Waals surface area contributed by atoms with Gasteiger partial charge in [0, 0.05) is 0 Å². The molecule has 0 bridgehead atoms. The molecule has 15 heavy (non-hydrogen) atoms. The van der Waals surface area contributed by atoms with Crippen LogP contribution in [0.2, 0.25) is 0 Å². The average molecular weight is 211 g/mol. The van der Waals surface area contributed by atoms with Crippen LogP contribution in [-0.2, 0) is 11.2 Å². The molecule has 0 saturated carbocycles. The Morgan fingerprint density at radius 3 is 2.53 bits per heavy atom. The number of aliphatic carboxylic acids is 1. The topological polar surface area (TPSA) is 104 Å². The van der Waals surface area contributed by atoms with Gasteiger partial charge in [-0.2, -0.15) is 0 Å². The van der Waals surface area contributed by atoms with E-state index >= 15 is 0 Å². The zero-order chi connectivity index (χ0) is 11.6. The molecule has 1 aromatic rings. The summed E-state index contributed by atoms with van der Waals surface area (Å²) in [6.45, 7) is 1.62. The molecule has 5 nitrogen and oxygen atoms in total. The highest BCUT2D eigenvalue weighted by Gasteiger charge is 2.14. The maximum absolute atomic E-state index is 10.5. The second kappa shape index (κ2) is 4.18. The third-order valence-corrected chi connectivity index (χ3v) is 2.11. The van der Waals surface area contributed by atoms with Crippen molar-refractivity contribution in [1.82, 2.24) is 0 Å². The van der Waals surface area contributed by atoms with Gasteiger partial charge >= 0.3 is 5.97 Å². The molecule has 0 heterocycles. The summed E-state index contributed by atoms with van der Waals surface area (Å²) >= 11 is 0. The predicted molar refractivity (Wildman–Crippen MR) is 53.8 cm³/mol. The van der Waals surface area contributed by atoms with Crippen molar-refractivity contribution >= 4 is 5.97 Å². The summed E-state index contributed by atoms with van der Waals surface area (Å²) in [5.41, 5.74) is 6.41. The van der Waals surface area contributed by atoms with Crippen molar-refractivity contribution in [3.05, 3.63) is 23.3 Å². The lowest BCUT2D eigenvalue weighted by Crippen LogP contribution is -2.32. The van der Waals surface area contributed by atoms with Crippen molar-refractivity contribution in [2.45, 2.75) is 19.4 Å². The Bertz CT molecular complexity index is 366. The molecule has 1 unspecified atom stereocenters. The van der Waals surface area contributed by atoms with E-state index in [2.05, 4.69) is 0 Å². The largest absolute Gasteiger partial charge is 0.504 e. The third-order valence-electron chi connectivity index (χ3n) is 2.11. The number of carboxylic acid groups (broad SMARTS) is 1. The highest BCUT2D eigenvalue weighted by molar-refractivity contribution is 5.73. The van der Waals surface area contributed by atoms with E-state index < -0.39 is 12.0 Å². The molecule has 0 saturated heterocycles. The fraction of sp³-hybridized carbons (Fsp3) is 0.300. The molecular weight excluding hydrogens is 198 g/mol. The predicted octanol–water partition coefficient (Wildman–Crippen LogP) is 0.361. The van der Waals surface area contributed by atoms with E-state index in [1.54, 1.807) is 13.0 Å². The highest BCUT2D eigenvalue weighted by atomic mass is 16.4. The summed E-state index contributed by atoms with van der Waals surface area (Å²) in [7, 11) is 0. The van der Waals surface area contributed by atoms with Gasteiger partial charge in [0.15, 0.2) is 11.5 Å². The second-order valence-corrected chi connectivity index (χ2v) is 3.43. The van der Waals surface area contributed by atoms with E-state index in [0.29, 0.717) is 11.1 Å². The van der Waals surface area contributed by atoms with E-state index in [1.807, 2.05) is 0 Å². The van der Waals surface area contributed by atoms with Crippen LogP contribution in [-0.4, -0.2) is 27.3 Å². The number of hydrogen-bond acceptors (Lipinski definition) is 4. The van der Waals surface area contributed by atoms with Gasteiger partial charge in [0.1, 0.15) is 6.04 Å². The molecule has 5 N–H and O–H groups in total. The number of benzene rings is 1. The van der Waals surface area contributed by atoms with E-state index in [4.69, 9.17) is 10.8 Å². The number of nitrogens with two attached hydrogens (primary N) is 1. The Kier molecular flexibility index (Phi) is 3.16. The quantitative estimate of drug-likeness (QED) is 0.540. The van der Waals surface area contributed by atoms with Gasteiger partial charge in [-0.05, 0) is 30.5 Å². The molecule has 0 aromatic heterocycles. The molecule has 0 fully saturated rings. The summed E-state index contributed by atoms with van der Waals surface area (Å²) in [6, 6.07) is 1.90. The molecule has 1 rings (SSSR count). The molecule has 1 aromatic carbocycles. The molecule has 5 heteroatoms. The van der Waals surface area contributed by atoms with Gasteiger partial charge in [-0.1, -0.05) is 6.07 Å². The summed E-state index contributed by atoms with van der Waals surface area (Å²) < 4.78 is 0. The van der Waals surface area contributed by atoms with Crippen LogP contribution in [0.4, 0.5) is 0 Å². The lowest BCUT2D eigenvalue weighted by molar-refractivity contribution is -0.138. The Morgan fingerprint density at radius 2 is 2.07 bits per heavy atom. The first kappa shape index (κ1) is 11.3. The number of phenolic OH excluding ortho intramolecular Hbond substituents is 2. The van der Waals surface area contributed by atoms with Crippen LogP contribution in [0.3, 0.4) is 0 Å². The smallest absolute Gasteiger partial charge is 0.320 e. The summed E-state index contributed by atoms with van der Waals surface area (Å²) in [5, 5.41) is 27.2. The van der Waals surface area contributed by atoms with Gasteiger partial charge in [-0.15, -0.1) is 0 Å². The molecule has 82 valence electrons. The number of phenols is 2. The van der Waals surface area contributed by atoms with Crippen molar-refractivity contribution in [3.63, 3.8) is 0 Å². The monoisotopic (exact) mass is 211 g/mol. The molecule has 0 aliphatic carbocycles. The first-order chi connectivity index (χ1) is 6.91. The van der Waals surface area contributed by atoms with Gasteiger partial charge in [-0.25, -0.2) is 0 Å². The van der Waals surface area contributed by atoms with Gasteiger partial charge in [-0.3, -0.25) is 4.79 Å². The zero-order valence-corrected chi connectivity index (χ0v) is 8.27. The van der Waals surface area contributed by atoms with Crippen LogP contribution in [0, 0.1) is 6.92 Å². The van der Waals surface area contributed by atoms with Crippen LogP contribution in [0.5, 0.6) is 11.5 Å². The lowest BCUT2D eigenvalue weighted by atomic mass is 10.0. The normalized spacial score (nSPS) is 12.4. The minimum absolute atomic E-state index is 0.115.